The first kappa shape index (κ1) is 18.0. The smallest absolute Gasteiger partial charge is 0.331 e. The second kappa shape index (κ2) is 7.96. The van der Waals surface area contributed by atoms with Crippen LogP contribution in [0.1, 0.15) is 12.0 Å². The highest BCUT2D eigenvalue weighted by Crippen LogP contribution is 2.18. The highest BCUT2D eigenvalue weighted by molar-refractivity contribution is 7.91. The molecule has 1 heterocycles. The van der Waals surface area contributed by atoms with Crippen LogP contribution in [-0.2, 0) is 24.2 Å². The highest BCUT2D eigenvalue weighted by Gasteiger charge is 2.28. The van der Waals surface area contributed by atoms with Crippen LogP contribution in [0.4, 0.5) is 0 Å². The van der Waals surface area contributed by atoms with Gasteiger partial charge in [0.25, 0.3) is 5.91 Å². The van der Waals surface area contributed by atoms with Crippen molar-refractivity contribution in [1.29, 1.82) is 0 Å². The molecule has 1 atom stereocenters. The topological polar surface area (TPSA) is 98.8 Å². The van der Waals surface area contributed by atoms with E-state index in [0.29, 0.717) is 17.7 Å². The van der Waals surface area contributed by atoms with Crippen molar-refractivity contribution in [3.63, 3.8) is 0 Å². The maximum Gasteiger partial charge on any atom is 0.331 e. The Morgan fingerprint density at radius 2 is 2.08 bits per heavy atom. The largest absolute Gasteiger partial charge is 0.496 e. The van der Waals surface area contributed by atoms with E-state index in [1.54, 1.807) is 18.2 Å². The van der Waals surface area contributed by atoms with Crippen LogP contribution in [0.5, 0.6) is 5.75 Å². The number of esters is 1. The number of ether oxygens (including phenoxy) is 2. The molecule has 1 aromatic carbocycles. The zero-order valence-electron chi connectivity index (χ0n) is 13.2. The highest BCUT2D eigenvalue weighted by atomic mass is 32.2. The van der Waals surface area contributed by atoms with Crippen molar-refractivity contribution in [2.75, 3.05) is 25.2 Å². The summed E-state index contributed by atoms with van der Waals surface area (Å²) in [6, 6.07) is 6.73. The standard InChI is InChI=1S/C16H19NO6S/c1-22-14-5-3-2-4-12(14)6-7-16(19)23-10-15(18)17-13-8-9-24(20,21)11-13/h2-7,13H,8-11H2,1H3,(H,17,18)/b7-6+/t13-/m0/s1. The van der Waals surface area contributed by atoms with E-state index in [9.17, 15) is 18.0 Å². The first-order chi connectivity index (χ1) is 11.4. The lowest BCUT2D eigenvalue weighted by atomic mass is 10.2. The van der Waals surface area contributed by atoms with Crippen molar-refractivity contribution in [3.05, 3.63) is 35.9 Å². The maximum absolute atomic E-state index is 11.7. The maximum atomic E-state index is 11.7. The fraction of sp³-hybridized carbons (Fsp3) is 0.375. The molecule has 130 valence electrons. The first-order valence-corrected chi connectivity index (χ1v) is 9.19. The van der Waals surface area contributed by atoms with E-state index < -0.39 is 34.4 Å². The number of carbonyl (C=O) groups is 2. The van der Waals surface area contributed by atoms with Gasteiger partial charge in [0.15, 0.2) is 16.4 Å². The molecule has 1 aliphatic heterocycles. The van der Waals surface area contributed by atoms with E-state index >= 15 is 0 Å². The number of carbonyl (C=O) groups excluding carboxylic acids is 2. The van der Waals surface area contributed by atoms with Crippen LogP contribution < -0.4 is 10.1 Å². The van der Waals surface area contributed by atoms with E-state index in [0.717, 1.165) is 0 Å². The second-order valence-corrected chi connectivity index (χ2v) is 7.58. The lowest BCUT2D eigenvalue weighted by Crippen LogP contribution is -2.38. The van der Waals surface area contributed by atoms with Crippen molar-refractivity contribution in [2.45, 2.75) is 12.5 Å². The average Bonchev–Trinajstić information content (AvgIpc) is 2.89. The number of rotatable bonds is 6. The van der Waals surface area contributed by atoms with Crippen LogP contribution >= 0.6 is 0 Å². The molecule has 1 saturated heterocycles. The summed E-state index contributed by atoms with van der Waals surface area (Å²) in [5.41, 5.74) is 0.706. The van der Waals surface area contributed by atoms with Gasteiger partial charge in [0.2, 0.25) is 0 Å². The molecule has 1 aliphatic rings. The molecule has 7 nitrogen and oxygen atoms in total. The van der Waals surface area contributed by atoms with Gasteiger partial charge in [0.05, 0.1) is 18.6 Å². The van der Waals surface area contributed by atoms with Gasteiger partial charge in [0.1, 0.15) is 5.75 Å². The molecular weight excluding hydrogens is 334 g/mol. The molecule has 1 amide bonds. The summed E-state index contributed by atoms with van der Waals surface area (Å²) in [6.07, 6.45) is 3.11. The molecule has 0 radical (unpaired) electrons. The normalized spacial score (nSPS) is 19.1. The van der Waals surface area contributed by atoms with Crippen molar-refractivity contribution in [3.8, 4) is 5.75 Å². The average molecular weight is 353 g/mol. The second-order valence-electron chi connectivity index (χ2n) is 5.35. The molecule has 0 unspecified atom stereocenters. The molecule has 2 rings (SSSR count). The molecule has 0 spiro atoms. The number of methoxy groups -OCH3 is 1. The zero-order valence-corrected chi connectivity index (χ0v) is 14.0. The summed E-state index contributed by atoms with van der Waals surface area (Å²) in [5, 5.41) is 2.54. The van der Waals surface area contributed by atoms with Gasteiger partial charge in [-0.05, 0) is 18.6 Å². The van der Waals surface area contributed by atoms with Crippen LogP contribution in [-0.4, -0.2) is 51.6 Å². The fourth-order valence-electron chi connectivity index (χ4n) is 2.32. The van der Waals surface area contributed by atoms with Gasteiger partial charge in [-0.2, -0.15) is 0 Å². The predicted molar refractivity (Wildman–Crippen MR) is 88.2 cm³/mol. The molecule has 24 heavy (non-hydrogen) atoms. The quantitative estimate of drug-likeness (QED) is 0.592. The third-order valence-corrected chi connectivity index (χ3v) is 5.25. The van der Waals surface area contributed by atoms with Gasteiger partial charge in [0, 0.05) is 17.7 Å². The minimum atomic E-state index is -3.06. The Hall–Kier alpha value is -2.35. The summed E-state index contributed by atoms with van der Waals surface area (Å²) in [7, 11) is -1.54. The Morgan fingerprint density at radius 3 is 2.75 bits per heavy atom. The summed E-state index contributed by atoms with van der Waals surface area (Å²) < 4.78 is 32.6. The predicted octanol–water partition coefficient (Wildman–Crippen LogP) is 0.555. The Kier molecular flexibility index (Phi) is 5.97. The van der Waals surface area contributed by atoms with Crippen LogP contribution in [0.25, 0.3) is 6.08 Å². The van der Waals surface area contributed by atoms with Crippen LogP contribution in [0.3, 0.4) is 0 Å². The third-order valence-electron chi connectivity index (χ3n) is 3.48. The van der Waals surface area contributed by atoms with Crippen molar-refractivity contribution < 1.29 is 27.5 Å². The lowest BCUT2D eigenvalue weighted by Gasteiger charge is -2.10. The van der Waals surface area contributed by atoms with Crippen molar-refractivity contribution in [1.82, 2.24) is 5.32 Å². The Balaban J connectivity index is 1.78. The molecule has 0 bridgehead atoms. The number of benzene rings is 1. The SMILES string of the molecule is COc1ccccc1/C=C/C(=O)OCC(=O)N[C@H]1CCS(=O)(=O)C1. The van der Waals surface area contributed by atoms with Crippen molar-refractivity contribution in [2.24, 2.45) is 0 Å². The monoisotopic (exact) mass is 353 g/mol. The number of hydrogen-bond acceptors (Lipinski definition) is 6. The van der Waals surface area contributed by atoms with Crippen LogP contribution in [0.2, 0.25) is 0 Å². The third kappa shape index (κ3) is 5.38. The van der Waals surface area contributed by atoms with Gasteiger partial charge in [-0.25, -0.2) is 13.2 Å². The molecular formula is C16H19NO6S. The molecule has 8 heteroatoms. The van der Waals surface area contributed by atoms with E-state index in [-0.39, 0.29) is 11.5 Å². The minimum absolute atomic E-state index is 0.0688. The summed E-state index contributed by atoms with van der Waals surface area (Å²) >= 11 is 0. The van der Waals surface area contributed by atoms with E-state index in [1.807, 2.05) is 6.07 Å². The van der Waals surface area contributed by atoms with Gasteiger partial charge in [-0.1, -0.05) is 18.2 Å². The van der Waals surface area contributed by atoms with E-state index in [1.165, 1.54) is 19.3 Å². The Morgan fingerprint density at radius 1 is 1.33 bits per heavy atom. The van der Waals surface area contributed by atoms with Gasteiger partial charge >= 0.3 is 5.97 Å². The van der Waals surface area contributed by atoms with Crippen molar-refractivity contribution >= 4 is 27.8 Å². The summed E-state index contributed by atoms with van der Waals surface area (Å²) in [4.78, 5) is 23.3. The molecule has 0 aromatic heterocycles. The number of hydrogen-bond donors (Lipinski definition) is 1. The van der Waals surface area contributed by atoms with E-state index in [4.69, 9.17) is 9.47 Å². The molecule has 1 aromatic rings. The molecule has 1 N–H and O–H groups in total. The van der Waals surface area contributed by atoms with Gasteiger partial charge in [-0.15, -0.1) is 0 Å². The molecule has 0 aliphatic carbocycles. The number of nitrogens with one attached hydrogen (secondary N) is 1. The lowest BCUT2D eigenvalue weighted by molar-refractivity contribution is -0.143. The fourth-order valence-corrected chi connectivity index (χ4v) is 4.00. The number of amides is 1. The molecule has 1 fully saturated rings. The zero-order chi connectivity index (χ0) is 17.6. The van der Waals surface area contributed by atoms with Gasteiger partial charge < -0.3 is 14.8 Å². The number of para-hydroxylation sites is 1. The summed E-state index contributed by atoms with van der Waals surface area (Å²) in [6.45, 7) is -0.453. The van der Waals surface area contributed by atoms with Gasteiger partial charge in [-0.3, -0.25) is 4.79 Å². The van der Waals surface area contributed by atoms with E-state index in [2.05, 4.69) is 5.32 Å². The van der Waals surface area contributed by atoms with Crippen LogP contribution in [0.15, 0.2) is 30.3 Å². The minimum Gasteiger partial charge on any atom is -0.496 e. The Labute approximate surface area is 140 Å². The first-order valence-electron chi connectivity index (χ1n) is 7.37. The summed E-state index contributed by atoms with van der Waals surface area (Å²) in [5.74, 6) is -0.576. The molecule has 0 saturated carbocycles. The Bertz CT molecular complexity index is 741. The number of sulfone groups is 1. The van der Waals surface area contributed by atoms with Crippen LogP contribution in [0, 0.1) is 0 Å².